The van der Waals surface area contributed by atoms with Crippen molar-refractivity contribution in [2.45, 2.75) is 32.9 Å². The number of benzene rings is 1. The minimum absolute atomic E-state index is 0. The Morgan fingerprint density at radius 3 is 1.89 bits per heavy atom. The SMILES string of the molecule is CC(C)(C)CC(N)(O)c1cc(Cl)c(N)c(Cl)c1.Cl. The molecule has 0 spiro atoms. The number of anilines is 1. The molecule has 0 saturated heterocycles. The molecule has 0 radical (unpaired) electrons. The zero-order valence-electron chi connectivity index (χ0n) is 10.6. The zero-order chi connectivity index (χ0) is 13.4. The number of hydrogen-bond donors (Lipinski definition) is 3. The molecule has 6 heteroatoms. The van der Waals surface area contributed by atoms with E-state index in [0.717, 1.165) is 0 Å². The highest BCUT2D eigenvalue weighted by Crippen LogP contribution is 2.36. The minimum Gasteiger partial charge on any atom is -0.396 e. The largest absolute Gasteiger partial charge is 0.396 e. The summed E-state index contributed by atoms with van der Waals surface area (Å²) in [6.45, 7) is 5.97. The summed E-state index contributed by atoms with van der Waals surface area (Å²) in [7, 11) is 0. The van der Waals surface area contributed by atoms with Crippen molar-refractivity contribution in [1.82, 2.24) is 0 Å². The van der Waals surface area contributed by atoms with Gasteiger partial charge in [-0.15, -0.1) is 12.4 Å². The van der Waals surface area contributed by atoms with Gasteiger partial charge in [0.25, 0.3) is 0 Å². The van der Waals surface area contributed by atoms with Gasteiger partial charge in [-0.3, -0.25) is 5.73 Å². The lowest BCUT2D eigenvalue weighted by Crippen LogP contribution is -2.40. The third kappa shape index (κ3) is 4.48. The summed E-state index contributed by atoms with van der Waals surface area (Å²) in [4.78, 5) is 0. The minimum atomic E-state index is -1.47. The van der Waals surface area contributed by atoms with E-state index >= 15 is 0 Å². The van der Waals surface area contributed by atoms with E-state index in [0.29, 0.717) is 27.7 Å². The molecule has 0 aliphatic heterocycles. The molecule has 3 nitrogen and oxygen atoms in total. The summed E-state index contributed by atoms with van der Waals surface area (Å²) in [6, 6.07) is 3.10. The Morgan fingerprint density at radius 1 is 1.17 bits per heavy atom. The van der Waals surface area contributed by atoms with E-state index in [1.165, 1.54) is 0 Å². The van der Waals surface area contributed by atoms with Crippen molar-refractivity contribution in [3.8, 4) is 0 Å². The van der Waals surface area contributed by atoms with Crippen LogP contribution in [-0.4, -0.2) is 5.11 Å². The van der Waals surface area contributed by atoms with E-state index in [1.54, 1.807) is 12.1 Å². The van der Waals surface area contributed by atoms with Crippen molar-refractivity contribution < 1.29 is 5.11 Å². The van der Waals surface area contributed by atoms with Crippen molar-refractivity contribution in [1.29, 1.82) is 0 Å². The van der Waals surface area contributed by atoms with E-state index in [4.69, 9.17) is 34.7 Å². The number of nitrogen functional groups attached to an aromatic ring is 1. The molecule has 104 valence electrons. The molecule has 1 rings (SSSR count). The lowest BCUT2D eigenvalue weighted by molar-refractivity contribution is 0.00293. The van der Waals surface area contributed by atoms with E-state index in [1.807, 2.05) is 20.8 Å². The summed E-state index contributed by atoms with van der Waals surface area (Å²) in [5.74, 6) is 0. The molecule has 0 aromatic heterocycles. The number of hydrogen-bond acceptors (Lipinski definition) is 3. The molecule has 1 unspecified atom stereocenters. The predicted molar refractivity (Wildman–Crippen MR) is 80.3 cm³/mol. The zero-order valence-corrected chi connectivity index (χ0v) is 13.0. The second-order valence-corrected chi connectivity index (χ2v) is 6.33. The summed E-state index contributed by atoms with van der Waals surface area (Å²) in [5.41, 5.74) is 10.7. The fourth-order valence-corrected chi connectivity index (χ4v) is 2.23. The first kappa shape index (κ1) is 17.8. The normalized spacial score (nSPS) is 14.8. The monoisotopic (exact) mass is 312 g/mol. The van der Waals surface area contributed by atoms with E-state index in [9.17, 15) is 5.11 Å². The summed E-state index contributed by atoms with van der Waals surface area (Å²) in [6.07, 6.45) is 0.385. The standard InChI is InChI=1S/C12H18Cl2N2O.ClH/c1-11(2,3)6-12(16,17)7-4-8(13)10(15)9(14)5-7;/h4-5,17H,6,15-16H2,1-3H3;1H. The molecule has 0 saturated carbocycles. The van der Waals surface area contributed by atoms with Crippen LogP contribution in [0.15, 0.2) is 12.1 Å². The van der Waals surface area contributed by atoms with Gasteiger partial charge in [-0.1, -0.05) is 44.0 Å². The van der Waals surface area contributed by atoms with E-state index < -0.39 is 5.72 Å². The molecule has 1 atom stereocenters. The van der Waals surface area contributed by atoms with Crippen LogP contribution in [-0.2, 0) is 5.72 Å². The molecule has 0 aliphatic carbocycles. The van der Waals surface area contributed by atoms with Crippen LogP contribution < -0.4 is 11.5 Å². The van der Waals surface area contributed by atoms with Crippen LogP contribution in [0.3, 0.4) is 0 Å². The molecule has 1 aromatic rings. The van der Waals surface area contributed by atoms with Gasteiger partial charge in [0.05, 0.1) is 15.7 Å². The van der Waals surface area contributed by atoms with Crippen molar-refractivity contribution in [3.05, 3.63) is 27.7 Å². The molecule has 0 heterocycles. The Labute approximate surface area is 124 Å². The van der Waals surface area contributed by atoms with Crippen LogP contribution in [0.5, 0.6) is 0 Å². The van der Waals surface area contributed by atoms with Gasteiger partial charge < -0.3 is 10.8 Å². The number of halogens is 3. The van der Waals surface area contributed by atoms with Crippen LogP contribution in [0.4, 0.5) is 5.69 Å². The predicted octanol–water partition coefficient (Wildman–Crippen LogP) is 3.54. The lowest BCUT2D eigenvalue weighted by atomic mass is 9.83. The lowest BCUT2D eigenvalue weighted by Gasteiger charge is -2.31. The Bertz CT molecular complexity index is 405. The number of rotatable bonds is 2. The maximum Gasteiger partial charge on any atom is 0.140 e. The van der Waals surface area contributed by atoms with Crippen molar-refractivity contribution in [3.63, 3.8) is 0 Å². The fraction of sp³-hybridized carbons (Fsp3) is 0.500. The number of aliphatic hydroxyl groups is 1. The molecule has 0 bridgehead atoms. The highest BCUT2D eigenvalue weighted by Gasteiger charge is 2.31. The first-order chi connectivity index (χ1) is 7.53. The van der Waals surface area contributed by atoms with Crippen molar-refractivity contribution in [2.24, 2.45) is 11.1 Å². The van der Waals surface area contributed by atoms with Gasteiger partial charge in [-0.2, -0.15) is 0 Å². The molecular weight excluding hydrogens is 295 g/mol. The molecule has 1 aromatic carbocycles. The molecule has 18 heavy (non-hydrogen) atoms. The maximum absolute atomic E-state index is 10.3. The highest BCUT2D eigenvalue weighted by molar-refractivity contribution is 6.38. The van der Waals surface area contributed by atoms with Gasteiger partial charge in [0.1, 0.15) is 5.72 Å². The van der Waals surface area contributed by atoms with Gasteiger partial charge in [0, 0.05) is 5.56 Å². The first-order valence-corrected chi connectivity index (χ1v) is 6.05. The average Bonchev–Trinajstić information content (AvgIpc) is 2.09. The molecule has 5 N–H and O–H groups in total. The van der Waals surface area contributed by atoms with Crippen molar-refractivity contribution >= 4 is 41.3 Å². The summed E-state index contributed by atoms with van der Waals surface area (Å²) < 4.78 is 0. The fourth-order valence-electron chi connectivity index (χ4n) is 1.74. The van der Waals surface area contributed by atoms with Gasteiger partial charge in [0.2, 0.25) is 0 Å². The van der Waals surface area contributed by atoms with E-state index in [2.05, 4.69) is 0 Å². The topological polar surface area (TPSA) is 72.3 Å². The van der Waals surface area contributed by atoms with Crippen molar-refractivity contribution in [2.75, 3.05) is 5.73 Å². The molecule has 0 aliphatic rings. The smallest absolute Gasteiger partial charge is 0.140 e. The van der Waals surface area contributed by atoms with Gasteiger partial charge in [-0.05, 0) is 24.0 Å². The Hall–Kier alpha value is -0.190. The average molecular weight is 314 g/mol. The third-order valence-electron chi connectivity index (χ3n) is 2.38. The van der Waals surface area contributed by atoms with Gasteiger partial charge in [0.15, 0.2) is 0 Å². The first-order valence-electron chi connectivity index (χ1n) is 5.29. The second kappa shape index (κ2) is 5.85. The molecule has 0 fully saturated rings. The quantitative estimate of drug-likeness (QED) is 0.577. The number of nitrogens with two attached hydrogens (primary N) is 2. The Kier molecular flexibility index (Phi) is 5.78. The van der Waals surface area contributed by atoms with Crippen LogP contribution in [0.1, 0.15) is 32.8 Å². The maximum atomic E-state index is 10.3. The van der Waals surface area contributed by atoms with Crippen LogP contribution in [0, 0.1) is 5.41 Å². The third-order valence-corrected chi connectivity index (χ3v) is 3.00. The summed E-state index contributed by atoms with van der Waals surface area (Å²) >= 11 is 11.8. The highest BCUT2D eigenvalue weighted by atomic mass is 35.5. The molecule has 0 amide bonds. The Morgan fingerprint density at radius 2 is 1.56 bits per heavy atom. The molecular formula is C12H19Cl3N2O. The van der Waals surface area contributed by atoms with Crippen LogP contribution in [0.2, 0.25) is 10.0 Å². The van der Waals surface area contributed by atoms with Gasteiger partial charge >= 0.3 is 0 Å². The summed E-state index contributed by atoms with van der Waals surface area (Å²) in [5, 5.41) is 10.9. The second-order valence-electron chi connectivity index (χ2n) is 5.52. The van der Waals surface area contributed by atoms with Gasteiger partial charge in [-0.25, -0.2) is 0 Å². The van der Waals surface area contributed by atoms with E-state index in [-0.39, 0.29) is 17.8 Å². The van der Waals surface area contributed by atoms with Crippen LogP contribution >= 0.6 is 35.6 Å². The Balaban J connectivity index is 0.00000289. The van der Waals surface area contributed by atoms with Crippen LogP contribution in [0.25, 0.3) is 0 Å².